The van der Waals surface area contributed by atoms with E-state index >= 15 is 0 Å². The largest absolute Gasteiger partial charge is 0.339 e. The Hall–Kier alpha value is -3.38. The van der Waals surface area contributed by atoms with Crippen molar-refractivity contribution in [2.75, 3.05) is 6.54 Å². The topological polar surface area (TPSA) is 55.1 Å². The van der Waals surface area contributed by atoms with E-state index in [0.29, 0.717) is 31.2 Å². The van der Waals surface area contributed by atoms with Crippen molar-refractivity contribution in [3.8, 4) is 0 Å². The molecule has 30 heavy (non-hydrogen) atoms. The van der Waals surface area contributed by atoms with E-state index in [9.17, 15) is 4.39 Å². The lowest BCUT2D eigenvalue weighted by atomic mass is 10.1. The highest BCUT2D eigenvalue weighted by atomic mass is 19.1. The number of hydrogen-bond acceptors (Lipinski definition) is 5. The van der Waals surface area contributed by atoms with E-state index < -0.39 is 0 Å². The molecule has 2 heterocycles. The van der Waals surface area contributed by atoms with E-state index in [4.69, 9.17) is 4.52 Å². The first-order chi connectivity index (χ1) is 14.7. The number of rotatable bonds is 9. The van der Waals surface area contributed by atoms with Crippen LogP contribution in [0, 0.1) is 5.82 Å². The van der Waals surface area contributed by atoms with Crippen LogP contribution >= 0.6 is 0 Å². The van der Waals surface area contributed by atoms with E-state index in [1.165, 1.54) is 12.1 Å². The van der Waals surface area contributed by atoms with Crippen LogP contribution in [-0.4, -0.2) is 26.6 Å². The molecule has 152 valence electrons. The monoisotopic (exact) mass is 402 g/mol. The lowest BCUT2D eigenvalue weighted by Crippen LogP contribution is -2.26. The van der Waals surface area contributed by atoms with E-state index in [1.54, 1.807) is 18.3 Å². The molecule has 2 aromatic heterocycles. The van der Waals surface area contributed by atoms with Gasteiger partial charge in [0.25, 0.3) is 0 Å². The van der Waals surface area contributed by atoms with Crippen LogP contribution in [-0.2, 0) is 25.9 Å². The van der Waals surface area contributed by atoms with Gasteiger partial charge in [-0.2, -0.15) is 4.98 Å². The van der Waals surface area contributed by atoms with Gasteiger partial charge in [-0.3, -0.25) is 9.88 Å². The zero-order valence-electron chi connectivity index (χ0n) is 16.6. The third-order valence-corrected chi connectivity index (χ3v) is 4.80. The van der Waals surface area contributed by atoms with Crippen LogP contribution < -0.4 is 0 Å². The maximum absolute atomic E-state index is 13.3. The molecule has 0 N–H and O–H groups in total. The molecule has 0 bridgehead atoms. The second kappa shape index (κ2) is 9.89. The molecular weight excluding hydrogens is 379 g/mol. The summed E-state index contributed by atoms with van der Waals surface area (Å²) in [6, 6.07) is 22.5. The van der Waals surface area contributed by atoms with Crippen molar-refractivity contribution in [1.29, 1.82) is 0 Å². The van der Waals surface area contributed by atoms with Crippen LogP contribution in [0.2, 0.25) is 0 Å². The van der Waals surface area contributed by atoms with Crippen molar-refractivity contribution in [3.63, 3.8) is 0 Å². The van der Waals surface area contributed by atoms with Crippen LogP contribution in [0.5, 0.6) is 0 Å². The number of benzene rings is 2. The van der Waals surface area contributed by atoms with Crippen LogP contribution in [0.4, 0.5) is 4.39 Å². The summed E-state index contributed by atoms with van der Waals surface area (Å²) in [5, 5.41) is 4.16. The zero-order valence-corrected chi connectivity index (χ0v) is 16.6. The maximum atomic E-state index is 13.3. The molecule has 2 aromatic carbocycles. The molecule has 0 saturated heterocycles. The Morgan fingerprint density at radius 2 is 1.63 bits per heavy atom. The number of halogens is 1. The minimum absolute atomic E-state index is 0.234. The molecule has 6 heteroatoms. The molecule has 0 unspecified atom stereocenters. The fourth-order valence-corrected chi connectivity index (χ4v) is 3.28. The number of aromatic nitrogens is 3. The lowest BCUT2D eigenvalue weighted by molar-refractivity contribution is 0.248. The van der Waals surface area contributed by atoms with Crippen LogP contribution in [0.25, 0.3) is 0 Å². The summed E-state index contributed by atoms with van der Waals surface area (Å²) in [4.78, 5) is 11.2. The normalized spacial score (nSPS) is 11.1. The summed E-state index contributed by atoms with van der Waals surface area (Å²) in [5.74, 6) is 1.01. The van der Waals surface area contributed by atoms with Crippen molar-refractivity contribution >= 4 is 0 Å². The van der Waals surface area contributed by atoms with E-state index in [1.807, 2.05) is 48.5 Å². The van der Waals surface area contributed by atoms with E-state index in [0.717, 1.165) is 29.8 Å². The van der Waals surface area contributed by atoms with Crippen LogP contribution in [0.3, 0.4) is 0 Å². The Morgan fingerprint density at radius 3 is 2.40 bits per heavy atom. The summed E-state index contributed by atoms with van der Waals surface area (Å²) in [6.07, 6.45) is 3.21. The Labute approximate surface area is 175 Å². The molecule has 0 saturated carbocycles. The fourth-order valence-electron chi connectivity index (χ4n) is 3.28. The SMILES string of the molecule is Fc1ccc(CN(CCc2ccccn2)Cc2noc(Cc3ccccc3)n2)cc1. The standard InChI is InChI=1S/C24H23FN4O/c25-21-11-9-20(10-12-21)17-29(15-13-22-8-4-5-14-26-22)18-23-27-24(30-28-23)16-19-6-2-1-3-7-19/h1-12,14H,13,15-18H2. The number of pyridine rings is 1. The highest BCUT2D eigenvalue weighted by Gasteiger charge is 2.13. The number of hydrogen-bond donors (Lipinski definition) is 0. The zero-order chi connectivity index (χ0) is 20.6. The predicted octanol–water partition coefficient (Wildman–Crippen LogP) is 4.44. The first-order valence-electron chi connectivity index (χ1n) is 9.97. The summed E-state index contributed by atoms with van der Waals surface area (Å²) < 4.78 is 18.7. The molecule has 4 aromatic rings. The van der Waals surface area contributed by atoms with Gasteiger partial charge in [0.05, 0.1) is 13.0 Å². The summed E-state index contributed by atoms with van der Waals surface area (Å²) >= 11 is 0. The molecule has 0 fully saturated rings. The van der Waals surface area contributed by atoms with Gasteiger partial charge >= 0.3 is 0 Å². The van der Waals surface area contributed by atoms with Crippen molar-refractivity contribution in [1.82, 2.24) is 20.0 Å². The molecule has 0 aliphatic rings. The predicted molar refractivity (Wildman–Crippen MR) is 112 cm³/mol. The number of nitrogens with zero attached hydrogens (tertiary/aromatic N) is 4. The van der Waals surface area contributed by atoms with Crippen molar-refractivity contribution in [2.45, 2.75) is 25.9 Å². The molecule has 0 aliphatic heterocycles. The van der Waals surface area contributed by atoms with Crippen molar-refractivity contribution in [3.05, 3.63) is 113 Å². The highest BCUT2D eigenvalue weighted by Crippen LogP contribution is 2.12. The minimum Gasteiger partial charge on any atom is -0.339 e. The third-order valence-electron chi connectivity index (χ3n) is 4.80. The molecule has 0 aliphatic carbocycles. The van der Waals surface area contributed by atoms with Gasteiger partial charge in [-0.25, -0.2) is 4.39 Å². The summed E-state index contributed by atoms with van der Waals surface area (Å²) in [6.45, 7) is 1.98. The fraction of sp³-hybridized carbons (Fsp3) is 0.208. The van der Waals surface area contributed by atoms with Gasteiger partial charge in [0.1, 0.15) is 5.82 Å². The van der Waals surface area contributed by atoms with Gasteiger partial charge in [0.15, 0.2) is 5.82 Å². The average Bonchev–Trinajstić information content (AvgIpc) is 3.22. The molecule has 4 rings (SSSR count). The Morgan fingerprint density at radius 1 is 0.833 bits per heavy atom. The second-order valence-electron chi connectivity index (χ2n) is 7.17. The van der Waals surface area contributed by atoms with Gasteiger partial charge in [-0.05, 0) is 35.4 Å². The molecule has 0 spiro atoms. The maximum Gasteiger partial charge on any atom is 0.231 e. The summed E-state index contributed by atoms with van der Waals surface area (Å²) in [7, 11) is 0. The average molecular weight is 402 g/mol. The van der Waals surface area contributed by atoms with Gasteiger partial charge in [0, 0.05) is 31.4 Å². The molecule has 0 atom stereocenters. The second-order valence-corrected chi connectivity index (χ2v) is 7.17. The van der Waals surface area contributed by atoms with Crippen LogP contribution in [0.1, 0.15) is 28.5 Å². The summed E-state index contributed by atoms with van der Waals surface area (Å²) in [5.41, 5.74) is 3.19. The lowest BCUT2D eigenvalue weighted by Gasteiger charge is -2.20. The Balaban J connectivity index is 1.43. The first-order valence-corrected chi connectivity index (χ1v) is 9.97. The Bertz CT molecular complexity index is 1040. The van der Waals surface area contributed by atoms with E-state index in [2.05, 4.69) is 20.0 Å². The highest BCUT2D eigenvalue weighted by molar-refractivity contribution is 5.18. The quantitative estimate of drug-likeness (QED) is 0.414. The van der Waals surface area contributed by atoms with Gasteiger partial charge in [-0.1, -0.05) is 53.7 Å². The van der Waals surface area contributed by atoms with Crippen molar-refractivity contribution in [2.24, 2.45) is 0 Å². The molecule has 0 amide bonds. The minimum atomic E-state index is -0.234. The molecule has 0 radical (unpaired) electrons. The molecule has 5 nitrogen and oxygen atoms in total. The Kier molecular flexibility index (Phi) is 6.57. The van der Waals surface area contributed by atoms with Crippen LogP contribution in [0.15, 0.2) is 83.5 Å². The first kappa shape index (κ1) is 19.9. The van der Waals surface area contributed by atoms with E-state index in [-0.39, 0.29) is 5.82 Å². The smallest absolute Gasteiger partial charge is 0.231 e. The van der Waals surface area contributed by atoms with Gasteiger partial charge in [-0.15, -0.1) is 0 Å². The van der Waals surface area contributed by atoms with Gasteiger partial charge in [0.2, 0.25) is 5.89 Å². The third kappa shape index (κ3) is 5.81. The van der Waals surface area contributed by atoms with Gasteiger partial charge < -0.3 is 4.52 Å². The van der Waals surface area contributed by atoms with Crippen molar-refractivity contribution < 1.29 is 8.91 Å². The molecular formula is C24H23FN4O.